The molecule has 12 rings (SSSR count). The second-order valence-electron chi connectivity index (χ2n) is 17.2. The van der Waals surface area contributed by atoms with Crippen LogP contribution in [0.5, 0.6) is 92.0 Å². The highest BCUT2D eigenvalue weighted by Gasteiger charge is 2.53. The first kappa shape index (κ1) is 50.4. The Balaban J connectivity index is 0.000000258. The topological polar surface area (TPSA) is 530 Å². The molecule has 0 unspecified atom stereocenters. The molecule has 4 aliphatic rings. The maximum atomic E-state index is 14.1. The molecule has 5 atom stereocenters. The van der Waals surface area contributed by atoms with Crippen LogP contribution in [0.25, 0.3) is 55.0 Å². The number of esters is 4. The number of cyclic esters (lactones) is 2. The second-order valence-corrected chi connectivity index (χ2v) is 17.2. The van der Waals surface area contributed by atoms with Crippen LogP contribution in [-0.4, -0.2) is 147 Å². The molecular weight excluding hydrogens is 1060 g/mol. The number of hydrogen-bond acceptors (Lipinski definition) is 30. The zero-order valence-corrected chi connectivity index (χ0v) is 37.9. The van der Waals surface area contributed by atoms with Gasteiger partial charge in [0.25, 0.3) is 0 Å². The third-order valence-corrected chi connectivity index (χ3v) is 12.9. The summed E-state index contributed by atoms with van der Waals surface area (Å²) in [6.07, 6.45) is -12.4. The highest BCUT2D eigenvalue weighted by Crippen LogP contribution is 2.58. The van der Waals surface area contributed by atoms with Crippen molar-refractivity contribution in [2.24, 2.45) is 0 Å². The molecular formula is C48H30O30. The minimum atomic E-state index is -2.55. The number of rotatable bonds is 1. The van der Waals surface area contributed by atoms with Crippen molar-refractivity contribution in [3.63, 3.8) is 0 Å². The molecule has 30 nitrogen and oxygen atoms in total. The minimum absolute atomic E-state index is 0.00597. The number of aliphatic hydroxyl groups excluding tert-OH is 2. The quantitative estimate of drug-likeness (QED) is 0.0365. The lowest BCUT2D eigenvalue weighted by atomic mass is 9.82. The first-order chi connectivity index (χ1) is 36.7. The molecule has 6 heterocycles. The smallest absolute Gasteiger partial charge is 0.344 e. The molecule has 0 amide bonds. The molecule has 0 radical (unpaired) electrons. The van der Waals surface area contributed by atoms with Crippen LogP contribution < -0.4 is 11.3 Å². The molecule has 2 aromatic heterocycles. The first-order valence-corrected chi connectivity index (χ1v) is 21.6. The SMILES string of the molecule is O=C1OC[C@@H](O)[C@H]([C@@H]2OC(=O)c3cc(O)c(O)c(O)c3-c3c(O)c(O)c(O)c4c3C(=O)O[C@H]2[C@@H]4O)OC(=O)c2cc(O)c(O)c(O)c2-c2c1cc(O)c(O)c2O.O=c1oc2c(O)c(O)cc3c(=O)oc4c(O)c(O)cc1c4c23. The van der Waals surface area contributed by atoms with Crippen LogP contribution in [0.1, 0.15) is 53.1 Å². The summed E-state index contributed by atoms with van der Waals surface area (Å²) in [5, 5.41) is 189. The van der Waals surface area contributed by atoms with E-state index in [0.29, 0.717) is 18.2 Å². The summed E-state index contributed by atoms with van der Waals surface area (Å²) in [5.74, 6) is -25.7. The van der Waals surface area contributed by atoms with Crippen LogP contribution in [0, 0.1) is 0 Å². The van der Waals surface area contributed by atoms with Gasteiger partial charge in [0.05, 0.1) is 33.0 Å². The number of aromatic hydroxyl groups is 16. The van der Waals surface area contributed by atoms with Crippen molar-refractivity contribution < 1.29 is 139 Å². The van der Waals surface area contributed by atoms with Crippen LogP contribution in [0.2, 0.25) is 0 Å². The number of fused-ring (bicyclic) bond motifs is 6. The molecule has 0 fully saturated rings. The molecule has 0 aliphatic carbocycles. The Labute approximate surface area is 425 Å². The Morgan fingerprint density at radius 3 is 1.18 bits per heavy atom. The molecule has 78 heavy (non-hydrogen) atoms. The summed E-state index contributed by atoms with van der Waals surface area (Å²) in [7, 11) is 0. The van der Waals surface area contributed by atoms with Gasteiger partial charge in [-0.1, -0.05) is 0 Å². The van der Waals surface area contributed by atoms with E-state index in [-0.39, 0.29) is 21.5 Å². The summed E-state index contributed by atoms with van der Waals surface area (Å²) in [4.78, 5) is 79.1. The summed E-state index contributed by atoms with van der Waals surface area (Å²) >= 11 is 0. The third-order valence-electron chi connectivity index (χ3n) is 12.9. The lowest BCUT2D eigenvalue weighted by Gasteiger charge is -2.40. The second kappa shape index (κ2) is 17.2. The van der Waals surface area contributed by atoms with Gasteiger partial charge in [-0.15, -0.1) is 0 Å². The number of carbonyl (C=O) groups is 4. The number of phenolic OH excluding ortho intramolecular Hbond substituents is 16. The Kier molecular flexibility index (Phi) is 11.1. The Morgan fingerprint density at radius 2 is 0.731 bits per heavy atom. The summed E-state index contributed by atoms with van der Waals surface area (Å²) in [6, 6.07) is 3.26. The van der Waals surface area contributed by atoms with Crippen LogP contribution in [0.4, 0.5) is 0 Å². The van der Waals surface area contributed by atoms with E-state index in [0.717, 1.165) is 12.1 Å². The largest absolute Gasteiger partial charge is 0.504 e. The van der Waals surface area contributed by atoms with Gasteiger partial charge in [-0.25, -0.2) is 28.8 Å². The summed E-state index contributed by atoms with van der Waals surface area (Å²) < 4.78 is 31.2. The molecule has 30 heteroatoms. The van der Waals surface area contributed by atoms with Crippen molar-refractivity contribution in [1.29, 1.82) is 0 Å². The van der Waals surface area contributed by atoms with E-state index in [2.05, 4.69) is 0 Å². The monoisotopic (exact) mass is 1090 g/mol. The fourth-order valence-electron chi connectivity index (χ4n) is 9.28. The summed E-state index contributed by atoms with van der Waals surface area (Å²) in [6.45, 7) is -1.31. The van der Waals surface area contributed by atoms with Gasteiger partial charge in [0.15, 0.2) is 87.0 Å². The van der Waals surface area contributed by atoms with Crippen LogP contribution in [-0.2, 0) is 18.9 Å². The van der Waals surface area contributed by atoms with E-state index in [1.807, 2.05) is 0 Å². The van der Waals surface area contributed by atoms with Gasteiger partial charge in [-0.3, -0.25) is 0 Å². The highest BCUT2D eigenvalue weighted by atomic mass is 16.6. The molecule has 0 saturated carbocycles. The summed E-state index contributed by atoms with van der Waals surface area (Å²) in [5.41, 5.74) is -11.9. The zero-order valence-electron chi connectivity index (χ0n) is 37.9. The number of aliphatic hydroxyl groups is 2. The Morgan fingerprint density at radius 1 is 0.359 bits per heavy atom. The zero-order chi connectivity index (χ0) is 56.7. The predicted molar refractivity (Wildman–Crippen MR) is 246 cm³/mol. The Bertz CT molecular complexity index is 4070. The molecule has 18 N–H and O–H groups in total. The molecule has 0 spiro atoms. The first-order valence-electron chi connectivity index (χ1n) is 21.6. The van der Waals surface area contributed by atoms with Gasteiger partial charge in [-0.05, 0) is 30.3 Å². The van der Waals surface area contributed by atoms with Gasteiger partial charge in [0.1, 0.15) is 18.8 Å². The van der Waals surface area contributed by atoms with E-state index in [4.69, 9.17) is 27.8 Å². The molecule has 0 saturated heterocycles. The average Bonchev–Trinajstić information content (AvgIpc) is 3.41. The van der Waals surface area contributed by atoms with Gasteiger partial charge in [-0.2, -0.15) is 0 Å². The van der Waals surface area contributed by atoms with Gasteiger partial charge in [0.2, 0.25) is 34.5 Å². The van der Waals surface area contributed by atoms with Crippen LogP contribution >= 0.6 is 0 Å². The van der Waals surface area contributed by atoms with Gasteiger partial charge >= 0.3 is 35.1 Å². The van der Waals surface area contributed by atoms with Crippen molar-refractivity contribution >= 4 is 56.6 Å². The normalized spacial score (nSPS) is 18.9. The van der Waals surface area contributed by atoms with E-state index < -0.39 is 225 Å². The van der Waals surface area contributed by atoms with E-state index in [1.54, 1.807) is 0 Å². The third kappa shape index (κ3) is 7.04. The maximum absolute atomic E-state index is 14.1. The number of hydrogen-bond donors (Lipinski definition) is 18. The molecule has 8 aromatic rings. The highest BCUT2D eigenvalue weighted by molar-refractivity contribution is 6.22. The average molecular weight is 1090 g/mol. The van der Waals surface area contributed by atoms with E-state index >= 15 is 0 Å². The molecule has 402 valence electrons. The number of benzene rings is 6. The predicted octanol–water partition coefficient (Wildman–Crippen LogP) is 1.67. The minimum Gasteiger partial charge on any atom is -0.504 e. The van der Waals surface area contributed by atoms with Gasteiger partial charge < -0.3 is 120 Å². The van der Waals surface area contributed by atoms with Crippen molar-refractivity contribution in [2.45, 2.75) is 30.5 Å². The van der Waals surface area contributed by atoms with Crippen LogP contribution in [0.15, 0.2) is 48.8 Å². The Hall–Kier alpha value is -11.1. The number of carbonyl (C=O) groups excluding carboxylic acids is 4. The van der Waals surface area contributed by atoms with Gasteiger partial charge in [0, 0.05) is 38.6 Å². The van der Waals surface area contributed by atoms with Crippen molar-refractivity contribution in [2.75, 3.05) is 6.61 Å². The van der Waals surface area contributed by atoms with Crippen LogP contribution in [0.3, 0.4) is 0 Å². The van der Waals surface area contributed by atoms with Crippen molar-refractivity contribution in [1.82, 2.24) is 0 Å². The van der Waals surface area contributed by atoms with Crippen molar-refractivity contribution in [3.8, 4) is 114 Å². The maximum Gasteiger partial charge on any atom is 0.344 e. The number of phenols is 16. The lowest BCUT2D eigenvalue weighted by molar-refractivity contribution is -0.153. The van der Waals surface area contributed by atoms with E-state index in [9.17, 15) is 121 Å². The fraction of sp³-hybridized carbons (Fsp3) is 0.125. The number of ether oxygens (including phenoxy) is 4. The molecule has 4 aliphatic heterocycles. The van der Waals surface area contributed by atoms with Crippen molar-refractivity contribution in [3.05, 3.63) is 79.0 Å². The molecule has 6 aromatic carbocycles. The lowest BCUT2D eigenvalue weighted by Crippen LogP contribution is -2.55. The molecule has 4 bridgehead atoms. The van der Waals surface area contributed by atoms with E-state index in [1.165, 1.54) is 0 Å². The fourth-order valence-corrected chi connectivity index (χ4v) is 9.28. The standard InChI is InChI=1S/C34H24O22.C14H6O8/c35-8-1-5-12(21(42)18(8)39)13-6(2-9(36)19(40)22(13)43)32(50)54-28(11(38)4-53-31(5)49)30-29-26(47)17-16(34(52)55-29)15(24(45)27(48)25(17)46)14-7(33(51)56-30)3-10(37)20(41)23(14)44;15-5-1-3-7-8-4(14(20)22-11(7)9(5)17)2-6(16)10(18)12(8)21-13(3)19/h1-3,11,26,28-30,35-48H,4H2;1-2,15-18H/t11-,26-,28-,29+,30+;/m1./s1.